The molecule has 3 heteroatoms. The maximum atomic E-state index is 9.12. The summed E-state index contributed by atoms with van der Waals surface area (Å²) in [5.74, 6) is 0. The van der Waals surface area contributed by atoms with Crippen LogP contribution in [0.2, 0.25) is 5.02 Å². The molecule has 3 aromatic rings. The minimum absolute atomic E-state index is 0.366. The Labute approximate surface area is 129 Å². The third kappa shape index (κ3) is 2.53. The summed E-state index contributed by atoms with van der Waals surface area (Å²) in [5, 5.41) is 10.8. The van der Waals surface area contributed by atoms with Crippen LogP contribution in [-0.2, 0) is 12.8 Å². The van der Waals surface area contributed by atoms with Gasteiger partial charge in [0.25, 0.3) is 0 Å². The van der Waals surface area contributed by atoms with Crippen LogP contribution in [0.4, 0.5) is 0 Å². The highest BCUT2D eigenvalue weighted by atomic mass is 35.5. The molecule has 0 radical (unpaired) electrons. The number of aryl methyl sites for hydroxylation is 1. The Kier molecular flexibility index (Phi) is 3.68. The van der Waals surface area contributed by atoms with Gasteiger partial charge in [-0.25, -0.2) is 0 Å². The second-order valence-corrected chi connectivity index (χ2v) is 5.49. The third-order valence-electron chi connectivity index (χ3n) is 3.77. The summed E-state index contributed by atoms with van der Waals surface area (Å²) in [6, 6.07) is 16.5. The number of nitrogens with zero attached hydrogens (tertiary/aromatic N) is 1. The molecule has 104 valence electrons. The van der Waals surface area contributed by atoms with Gasteiger partial charge in [-0.1, -0.05) is 42.8 Å². The molecular weight excluding hydrogens is 280 g/mol. The van der Waals surface area contributed by atoms with Gasteiger partial charge in [-0.3, -0.25) is 0 Å². The Morgan fingerprint density at radius 3 is 2.57 bits per heavy atom. The number of hydrogen-bond acceptors (Lipinski definition) is 1. The van der Waals surface area contributed by atoms with Crippen molar-refractivity contribution >= 4 is 22.5 Å². The quantitative estimate of drug-likeness (QED) is 0.716. The molecule has 0 aliphatic heterocycles. The largest absolute Gasteiger partial charge is 0.354 e. The predicted octanol–water partition coefficient (Wildman–Crippen LogP) is 5.12. The number of H-pyrrole nitrogens is 1. The van der Waals surface area contributed by atoms with Crippen LogP contribution in [0.3, 0.4) is 0 Å². The van der Waals surface area contributed by atoms with E-state index in [4.69, 9.17) is 16.9 Å². The molecule has 2 aromatic carbocycles. The second-order valence-electron chi connectivity index (χ2n) is 5.05. The van der Waals surface area contributed by atoms with Crippen LogP contribution >= 0.6 is 11.6 Å². The summed E-state index contributed by atoms with van der Waals surface area (Å²) in [6.45, 7) is 2.14. The zero-order valence-corrected chi connectivity index (χ0v) is 12.5. The van der Waals surface area contributed by atoms with Crippen molar-refractivity contribution in [1.82, 2.24) is 4.98 Å². The van der Waals surface area contributed by atoms with E-state index in [2.05, 4.69) is 42.2 Å². The van der Waals surface area contributed by atoms with Crippen molar-refractivity contribution in [3.05, 3.63) is 58.6 Å². The first kappa shape index (κ1) is 13.7. The first-order valence-electron chi connectivity index (χ1n) is 6.99. The molecular formula is C18H15ClN2. The van der Waals surface area contributed by atoms with Crippen molar-refractivity contribution < 1.29 is 0 Å². The average molecular weight is 295 g/mol. The lowest BCUT2D eigenvalue weighted by molar-refractivity contribution is 1.14. The van der Waals surface area contributed by atoms with E-state index >= 15 is 0 Å². The molecule has 21 heavy (non-hydrogen) atoms. The van der Waals surface area contributed by atoms with Crippen LogP contribution in [0.15, 0.2) is 42.5 Å². The number of nitrogens with one attached hydrogen (secondary N) is 1. The molecule has 0 unspecified atom stereocenters. The molecule has 0 aliphatic carbocycles. The molecule has 1 aromatic heterocycles. The van der Waals surface area contributed by atoms with Crippen molar-refractivity contribution in [2.24, 2.45) is 0 Å². The second kappa shape index (κ2) is 5.63. The molecule has 0 amide bonds. The normalized spacial score (nSPS) is 10.7. The summed E-state index contributed by atoms with van der Waals surface area (Å²) in [5.41, 5.74) is 5.44. The van der Waals surface area contributed by atoms with E-state index < -0.39 is 0 Å². The van der Waals surface area contributed by atoms with Crippen LogP contribution in [0.1, 0.15) is 18.1 Å². The summed E-state index contributed by atoms with van der Waals surface area (Å²) in [4.78, 5) is 3.42. The van der Waals surface area contributed by atoms with Gasteiger partial charge in [-0.2, -0.15) is 5.26 Å². The molecule has 1 heterocycles. The smallest absolute Gasteiger partial charge is 0.0670 e. The fourth-order valence-electron chi connectivity index (χ4n) is 2.64. The Morgan fingerprint density at radius 2 is 1.90 bits per heavy atom. The van der Waals surface area contributed by atoms with Crippen LogP contribution in [-0.4, -0.2) is 4.98 Å². The molecule has 0 spiro atoms. The summed E-state index contributed by atoms with van der Waals surface area (Å²) in [6.07, 6.45) is 1.39. The maximum absolute atomic E-state index is 9.12. The van der Waals surface area contributed by atoms with Crippen LogP contribution in [0, 0.1) is 11.3 Å². The van der Waals surface area contributed by atoms with Gasteiger partial charge >= 0.3 is 0 Å². The highest BCUT2D eigenvalue weighted by Gasteiger charge is 2.13. The van der Waals surface area contributed by atoms with E-state index in [9.17, 15) is 0 Å². The van der Waals surface area contributed by atoms with Gasteiger partial charge in [0.15, 0.2) is 0 Å². The molecule has 0 saturated heterocycles. The van der Waals surface area contributed by atoms with Crippen molar-refractivity contribution in [3.8, 4) is 17.3 Å². The third-order valence-corrected chi connectivity index (χ3v) is 4.01. The summed E-state index contributed by atoms with van der Waals surface area (Å²) in [7, 11) is 0. The molecule has 0 bridgehead atoms. The SMILES string of the molecule is CCc1ccc(-c2[nH]c3ccc(Cl)cc3c2CC#N)cc1. The lowest BCUT2D eigenvalue weighted by atomic mass is 10.0. The van der Waals surface area contributed by atoms with Gasteiger partial charge in [0.2, 0.25) is 0 Å². The van der Waals surface area contributed by atoms with Crippen LogP contribution < -0.4 is 0 Å². The highest BCUT2D eigenvalue weighted by molar-refractivity contribution is 6.31. The average Bonchev–Trinajstić information content (AvgIpc) is 2.86. The van der Waals surface area contributed by atoms with Gasteiger partial charge in [0, 0.05) is 15.9 Å². The van der Waals surface area contributed by atoms with Gasteiger partial charge in [-0.15, -0.1) is 0 Å². The molecule has 0 aliphatic rings. The van der Waals surface area contributed by atoms with E-state index in [1.54, 1.807) is 0 Å². The minimum atomic E-state index is 0.366. The van der Waals surface area contributed by atoms with Crippen molar-refractivity contribution in [1.29, 1.82) is 5.26 Å². The van der Waals surface area contributed by atoms with E-state index in [1.165, 1.54) is 5.56 Å². The zero-order chi connectivity index (χ0) is 14.8. The van der Waals surface area contributed by atoms with Gasteiger partial charge in [0.05, 0.1) is 18.2 Å². The van der Waals surface area contributed by atoms with E-state index in [1.807, 2.05) is 18.2 Å². The van der Waals surface area contributed by atoms with Crippen molar-refractivity contribution in [2.45, 2.75) is 19.8 Å². The maximum Gasteiger partial charge on any atom is 0.0670 e. The topological polar surface area (TPSA) is 39.6 Å². The van der Waals surface area contributed by atoms with Gasteiger partial charge in [0.1, 0.15) is 0 Å². The summed E-state index contributed by atoms with van der Waals surface area (Å²) < 4.78 is 0. The molecule has 2 nitrogen and oxygen atoms in total. The standard InChI is InChI=1S/C18H15ClN2/c1-2-12-3-5-13(6-4-12)18-15(9-10-20)16-11-14(19)7-8-17(16)21-18/h3-8,11,21H,2,9H2,1H3. The number of hydrogen-bond donors (Lipinski definition) is 1. The lowest BCUT2D eigenvalue weighted by Crippen LogP contribution is -1.87. The Hall–Kier alpha value is -2.24. The minimum Gasteiger partial charge on any atom is -0.354 e. The fourth-order valence-corrected chi connectivity index (χ4v) is 2.81. The predicted molar refractivity (Wildman–Crippen MR) is 87.4 cm³/mol. The van der Waals surface area contributed by atoms with E-state index in [0.29, 0.717) is 11.4 Å². The Morgan fingerprint density at radius 1 is 1.14 bits per heavy atom. The summed E-state index contributed by atoms with van der Waals surface area (Å²) >= 11 is 6.09. The van der Waals surface area contributed by atoms with Gasteiger partial charge < -0.3 is 4.98 Å². The van der Waals surface area contributed by atoms with Crippen LogP contribution in [0.5, 0.6) is 0 Å². The zero-order valence-electron chi connectivity index (χ0n) is 11.8. The van der Waals surface area contributed by atoms with Crippen LogP contribution in [0.25, 0.3) is 22.2 Å². The molecule has 3 rings (SSSR count). The number of benzene rings is 2. The molecule has 1 N–H and O–H groups in total. The fraction of sp³-hybridized carbons (Fsp3) is 0.167. The first-order valence-corrected chi connectivity index (χ1v) is 7.37. The molecule has 0 atom stereocenters. The van der Waals surface area contributed by atoms with Gasteiger partial charge in [-0.05, 0) is 41.3 Å². The monoisotopic (exact) mass is 294 g/mol. The lowest BCUT2D eigenvalue weighted by Gasteiger charge is -2.03. The number of aromatic nitrogens is 1. The number of halogens is 1. The number of aromatic amines is 1. The number of fused-ring (bicyclic) bond motifs is 1. The number of rotatable bonds is 3. The first-order chi connectivity index (χ1) is 10.2. The van der Waals surface area contributed by atoms with Crippen molar-refractivity contribution in [3.63, 3.8) is 0 Å². The number of nitriles is 1. The van der Waals surface area contributed by atoms with E-state index in [0.717, 1.165) is 34.1 Å². The van der Waals surface area contributed by atoms with Crippen molar-refractivity contribution in [2.75, 3.05) is 0 Å². The Bertz CT molecular complexity index is 823. The molecule has 0 fully saturated rings. The van der Waals surface area contributed by atoms with E-state index in [-0.39, 0.29) is 0 Å². The highest BCUT2D eigenvalue weighted by Crippen LogP contribution is 2.32. The molecule has 0 saturated carbocycles. The Balaban J connectivity index is 2.20.